The van der Waals surface area contributed by atoms with Crippen molar-refractivity contribution < 1.29 is 13.2 Å². The van der Waals surface area contributed by atoms with Crippen molar-refractivity contribution in [3.8, 4) is 5.75 Å². The molecule has 0 unspecified atom stereocenters. The van der Waals surface area contributed by atoms with Crippen LogP contribution in [0.5, 0.6) is 5.75 Å². The molecule has 1 aromatic rings. The average Bonchev–Trinajstić information content (AvgIpc) is 2.25. The molecule has 0 heterocycles. The van der Waals surface area contributed by atoms with Gasteiger partial charge in [-0.1, -0.05) is 6.42 Å². The quantitative estimate of drug-likeness (QED) is 0.850. The number of ether oxygens (including phenoxy) is 1. The van der Waals surface area contributed by atoms with Crippen LogP contribution in [0.15, 0.2) is 23.1 Å². The monoisotopic (exact) mass is 270 g/mol. The van der Waals surface area contributed by atoms with Gasteiger partial charge in [0.1, 0.15) is 5.75 Å². The van der Waals surface area contributed by atoms with Gasteiger partial charge in [-0.05, 0) is 37.0 Å². The Morgan fingerprint density at radius 3 is 2.67 bits per heavy atom. The topological polar surface area (TPSA) is 81.4 Å². The molecule has 18 heavy (non-hydrogen) atoms. The molecule has 1 aromatic carbocycles. The second-order valence-electron chi connectivity index (χ2n) is 4.58. The molecule has 0 atom stereocenters. The standard InChI is InChI=1S/C12H18N2O3S/c1-17-12-6-5-10(18(13,15)16)7-11(12)14-8-9-3-2-4-9/h5-7,9,14H,2-4,8H2,1H3,(H2,13,15,16). The lowest BCUT2D eigenvalue weighted by atomic mass is 9.85. The first-order valence-electron chi connectivity index (χ1n) is 5.95. The van der Waals surface area contributed by atoms with Crippen LogP contribution < -0.4 is 15.2 Å². The summed E-state index contributed by atoms with van der Waals surface area (Å²) in [5.74, 6) is 1.30. The molecule has 0 aromatic heterocycles. The number of sulfonamides is 1. The van der Waals surface area contributed by atoms with Crippen LogP contribution in [0.25, 0.3) is 0 Å². The summed E-state index contributed by atoms with van der Waals surface area (Å²) in [4.78, 5) is 0.0967. The summed E-state index contributed by atoms with van der Waals surface area (Å²) in [6.45, 7) is 0.838. The maximum Gasteiger partial charge on any atom is 0.238 e. The predicted octanol–water partition coefficient (Wildman–Crippen LogP) is 1.55. The van der Waals surface area contributed by atoms with Crippen LogP contribution in [-0.2, 0) is 10.0 Å². The summed E-state index contributed by atoms with van der Waals surface area (Å²) in [6, 6.07) is 4.58. The Kier molecular flexibility index (Phi) is 3.77. The molecular weight excluding hydrogens is 252 g/mol. The fourth-order valence-electron chi connectivity index (χ4n) is 1.95. The molecule has 1 saturated carbocycles. The van der Waals surface area contributed by atoms with E-state index in [0.29, 0.717) is 17.4 Å². The molecule has 1 aliphatic carbocycles. The summed E-state index contributed by atoms with van der Waals surface area (Å²) >= 11 is 0. The first kappa shape index (κ1) is 13.2. The minimum Gasteiger partial charge on any atom is -0.495 e. The van der Waals surface area contributed by atoms with E-state index in [-0.39, 0.29) is 4.90 Å². The number of primary sulfonamides is 1. The molecular formula is C12H18N2O3S. The van der Waals surface area contributed by atoms with Crippen LogP contribution in [0, 0.1) is 5.92 Å². The van der Waals surface area contributed by atoms with E-state index in [2.05, 4.69) is 5.32 Å². The molecule has 6 heteroatoms. The fraction of sp³-hybridized carbons (Fsp3) is 0.500. The smallest absolute Gasteiger partial charge is 0.238 e. The lowest BCUT2D eigenvalue weighted by Gasteiger charge is -2.26. The number of hydrogen-bond donors (Lipinski definition) is 2. The van der Waals surface area contributed by atoms with E-state index in [1.165, 1.54) is 31.4 Å². The van der Waals surface area contributed by atoms with Gasteiger partial charge in [0.25, 0.3) is 0 Å². The highest BCUT2D eigenvalue weighted by Crippen LogP contribution is 2.30. The molecule has 100 valence electrons. The minimum absolute atomic E-state index is 0.0967. The Bertz CT molecular complexity index is 524. The molecule has 0 aliphatic heterocycles. The van der Waals surface area contributed by atoms with Crippen molar-refractivity contribution in [3.63, 3.8) is 0 Å². The fourth-order valence-corrected chi connectivity index (χ4v) is 2.49. The summed E-state index contributed by atoms with van der Waals surface area (Å²) in [6.07, 6.45) is 3.73. The van der Waals surface area contributed by atoms with Crippen LogP contribution in [0.4, 0.5) is 5.69 Å². The second-order valence-corrected chi connectivity index (χ2v) is 6.15. The van der Waals surface area contributed by atoms with Gasteiger partial charge in [0, 0.05) is 6.54 Å². The molecule has 0 radical (unpaired) electrons. The lowest BCUT2D eigenvalue weighted by molar-refractivity contribution is 0.332. The van der Waals surface area contributed by atoms with Gasteiger partial charge in [-0.3, -0.25) is 0 Å². The summed E-state index contributed by atoms with van der Waals surface area (Å²) in [5, 5.41) is 8.35. The highest BCUT2D eigenvalue weighted by Gasteiger charge is 2.18. The third kappa shape index (κ3) is 2.94. The van der Waals surface area contributed by atoms with Gasteiger partial charge in [0.2, 0.25) is 10.0 Å². The maximum atomic E-state index is 11.3. The highest BCUT2D eigenvalue weighted by molar-refractivity contribution is 7.89. The Hall–Kier alpha value is -1.27. The van der Waals surface area contributed by atoms with Crippen LogP contribution in [-0.4, -0.2) is 22.1 Å². The largest absolute Gasteiger partial charge is 0.495 e. The molecule has 1 aliphatic rings. The maximum absolute atomic E-state index is 11.3. The van der Waals surface area contributed by atoms with Crippen LogP contribution in [0.2, 0.25) is 0 Å². The van der Waals surface area contributed by atoms with E-state index in [0.717, 1.165) is 6.54 Å². The molecule has 5 nitrogen and oxygen atoms in total. The van der Waals surface area contributed by atoms with Crippen LogP contribution in [0.3, 0.4) is 0 Å². The van der Waals surface area contributed by atoms with Crippen molar-refractivity contribution in [3.05, 3.63) is 18.2 Å². The van der Waals surface area contributed by atoms with E-state index < -0.39 is 10.0 Å². The molecule has 2 rings (SSSR count). The molecule has 3 N–H and O–H groups in total. The number of hydrogen-bond acceptors (Lipinski definition) is 4. The van der Waals surface area contributed by atoms with E-state index in [4.69, 9.17) is 9.88 Å². The average molecular weight is 270 g/mol. The zero-order chi connectivity index (χ0) is 13.2. The van der Waals surface area contributed by atoms with Crippen molar-refractivity contribution >= 4 is 15.7 Å². The van der Waals surface area contributed by atoms with Crippen molar-refractivity contribution in [2.24, 2.45) is 11.1 Å². The van der Waals surface area contributed by atoms with E-state index in [9.17, 15) is 8.42 Å². The van der Waals surface area contributed by atoms with Gasteiger partial charge in [-0.15, -0.1) is 0 Å². The first-order valence-corrected chi connectivity index (χ1v) is 7.50. The van der Waals surface area contributed by atoms with E-state index in [1.807, 2.05) is 0 Å². The summed E-state index contributed by atoms with van der Waals surface area (Å²) < 4.78 is 27.8. The zero-order valence-electron chi connectivity index (χ0n) is 10.3. The van der Waals surface area contributed by atoms with Crippen LogP contribution in [0.1, 0.15) is 19.3 Å². The Morgan fingerprint density at radius 1 is 1.44 bits per heavy atom. The molecule has 0 amide bonds. The van der Waals surface area contributed by atoms with Gasteiger partial charge in [0.05, 0.1) is 17.7 Å². The van der Waals surface area contributed by atoms with Crippen molar-refractivity contribution in [2.45, 2.75) is 24.2 Å². The molecule has 0 spiro atoms. The van der Waals surface area contributed by atoms with Crippen molar-refractivity contribution in [1.29, 1.82) is 0 Å². The van der Waals surface area contributed by atoms with Crippen molar-refractivity contribution in [2.75, 3.05) is 19.0 Å². The van der Waals surface area contributed by atoms with Gasteiger partial charge in [-0.2, -0.15) is 0 Å². The number of rotatable bonds is 5. The van der Waals surface area contributed by atoms with Gasteiger partial charge in [-0.25, -0.2) is 13.6 Å². The molecule has 1 fully saturated rings. The van der Waals surface area contributed by atoms with Gasteiger partial charge >= 0.3 is 0 Å². The highest BCUT2D eigenvalue weighted by atomic mass is 32.2. The van der Waals surface area contributed by atoms with Crippen LogP contribution >= 0.6 is 0 Å². The minimum atomic E-state index is -3.68. The Morgan fingerprint density at radius 2 is 2.17 bits per heavy atom. The lowest BCUT2D eigenvalue weighted by Crippen LogP contribution is -2.21. The zero-order valence-corrected chi connectivity index (χ0v) is 11.2. The number of benzene rings is 1. The number of methoxy groups -OCH3 is 1. The number of anilines is 1. The molecule has 0 bridgehead atoms. The third-order valence-corrected chi connectivity index (χ3v) is 4.22. The summed E-state index contributed by atoms with van der Waals surface area (Å²) in [7, 11) is -2.12. The first-order chi connectivity index (χ1) is 8.50. The SMILES string of the molecule is COc1ccc(S(N)(=O)=O)cc1NCC1CCC1. The third-order valence-electron chi connectivity index (χ3n) is 3.31. The summed E-state index contributed by atoms with van der Waals surface area (Å²) in [5.41, 5.74) is 0.677. The van der Waals surface area contributed by atoms with Gasteiger partial charge in [0.15, 0.2) is 0 Å². The predicted molar refractivity (Wildman–Crippen MR) is 70.2 cm³/mol. The normalized spacial score (nSPS) is 16.1. The van der Waals surface area contributed by atoms with E-state index in [1.54, 1.807) is 13.2 Å². The number of nitrogens with two attached hydrogens (primary N) is 1. The second kappa shape index (κ2) is 5.16. The Balaban J connectivity index is 2.18. The Labute approximate surface area is 107 Å². The van der Waals surface area contributed by atoms with Crippen molar-refractivity contribution in [1.82, 2.24) is 0 Å². The van der Waals surface area contributed by atoms with E-state index >= 15 is 0 Å². The number of nitrogens with one attached hydrogen (secondary N) is 1. The van der Waals surface area contributed by atoms with Gasteiger partial charge < -0.3 is 10.1 Å². The molecule has 0 saturated heterocycles.